The SMILES string of the molecule is CN1CCCN2C(=O)CCC12. The lowest BCUT2D eigenvalue weighted by Gasteiger charge is -2.37. The van der Waals surface area contributed by atoms with Crippen LogP contribution in [0.25, 0.3) is 0 Å². The Morgan fingerprint density at radius 1 is 1.45 bits per heavy atom. The van der Waals surface area contributed by atoms with Crippen molar-refractivity contribution in [3.8, 4) is 0 Å². The first kappa shape index (κ1) is 7.10. The van der Waals surface area contributed by atoms with E-state index in [0.29, 0.717) is 12.1 Å². The molecular formula is C8H14N2O. The van der Waals surface area contributed by atoms with E-state index in [2.05, 4.69) is 11.9 Å². The zero-order valence-electron chi connectivity index (χ0n) is 6.92. The van der Waals surface area contributed by atoms with Crippen molar-refractivity contribution in [1.82, 2.24) is 9.80 Å². The lowest BCUT2D eigenvalue weighted by Crippen LogP contribution is -2.49. The number of carbonyl (C=O) groups is 1. The number of amides is 1. The van der Waals surface area contributed by atoms with E-state index in [0.717, 1.165) is 32.4 Å². The summed E-state index contributed by atoms with van der Waals surface area (Å²) in [6.07, 6.45) is 3.36. The molecule has 1 amide bonds. The first-order valence-corrected chi connectivity index (χ1v) is 4.29. The second-order valence-corrected chi connectivity index (χ2v) is 3.44. The molecule has 2 aliphatic heterocycles. The number of rotatable bonds is 0. The quantitative estimate of drug-likeness (QED) is 0.500. The van der Waals surface area contributed by atoms with Gasteiger partial charge in [-0.05, 0) is 19.9 Å². The van der Waals surface area contributed by atoms with Gasteiger partial charge in [-0.2, -0.15) is 0 Å². The predicted molar refractivity (Wildman–Crippen MR) is 42.0 cm³/mol. The predicted octanol–water partition coefficient (Wildman–Crippen LogP) is 0.270. The van der Waals surface area contributed by atoms with Gasteiger partial charge in [0.2, 0.25) is 5.91 Å². The Labute approximate surface area is 67.0 Å². The molecule has 1 unspecified atom stereocenters. The van der Waals surface area contributed by atoms with Gasteiger partial charge in [0.25, 0.3) is 0 Å². The molecule has 3 nitrogen and oxygen atoms in total. The molecule has 0 saturated carbocycles. The highest BCUT2D eigenvalue weighted by molar-refractivity contribution is 5.78. The average Bonchev–Trinajstić information content (AvgIpc) is 2.35. The summed E-state index contributed by atoms with van der Waals surface area (Å²) in [5.74, 6) is 0.349. The molecule has 1 atom stereocenters. The molecule has 3 heteroatoms. The van der Waals surface area contributed by atoms with Crippen molar-refractivity contribution in [3.05, 3.63) is 0 Å². The fourth-order valence-corrected chi connectivity index (χ4v) is 2.09. The molecule has 2 heterocycles. The van der Waals surface area contributed by atoms with Gasteiger partial charge in [0.1, 0.15) is 0 Å². The van der Waals surface area contributed by atoms with Crippen molar-refractivity contribution >= 4 is 5.91 Å². The van der Waals surface area contributed by atoms with E-state index >= 15 is 0 Å². The maximum Gasteiger partial charge on any atom is 0.223 e. The van der Waals surface area contributed by atoms with Crippen LogP contribution in [-0.4, -0.2) is 42.0 Å². The lowest BCUT2D eigenvalue weighted by atomic mass is 10.2. The van der Waals surface area contributed by atoms with Gasteiger partial charge in [-0.1, -0.05) is 0 Å². The molecule has 2 saturated heterocycles. The van der Waals surface area contributed by atoms with Gasteiger partial charge in [0.05, 0.1) is 6.17 Å². The van der Waals surface area contributed by atoms with E-state index in [4.69, 9.17) is 0 Å². The van der Waals surface area contributed by atoms with Gasteiger partial charge in [0.15, 0.2) is 0 Å². The highest BCUT2D eigenvalue weighted by atomic mass is 16.2. The Morgan fingerprint density at radius 3 is 3.00 bits per heavy atom. The van der Waals surface area contributed by atoms with E-state index < -0.39 is 0 Å². The van der Waals surface area contributed by atoms with Crippen LogP contribution in [0.5, 0.6) is 0 Å². The maximum absolute atomic E-state index is 11.3. The Kier molecular flexibility index (Phi) is 1.60. The molecule has 0 aromatic rings. The largest absolute Gasteiger partial charge is 0.327 e. The van der Waals surface area contributed by atoms with E-state index in [1.807, 2.05) is 4.90 Å². The van der Waals surface area contributed by atoms with Crippen LogP contribution in [-0.2, 0) is 4.79 Å². The molecule has 0 aromatic carbocycles. The zero-order valence-corrected chi connectivity index (χ0v) is 6.92. The second kappa shape index (κ2) is 2.48. The molecule has 0 bridgehead atoms. The summed E-state index contributed by atoms with van der Waals surface area (Å²) in [6, 6.07) is 0. The van der Waals surface area contributed by atoms with Gasteiger partial charge >= 0.3 is 0 Å². The molecule has 2 rings (SSSR count). The van der Waals surface area contributed by atoms with Gasteiger partial charge in [-0.15, -0.1) is 0 Å². The molecule has 0 radical (unpaired) electrons. The first-order valence-electron chi connectivity index (χ1n) is 4.29. The number of hydrogen-bond donors (Lipinski definition) is 0. The lowest BCUT2D eigenvalue weighted by molar-refractivity contribution is -0.132. The summed E-state index contributed by atoms with van der Waals surface area (Å²) < 4.78 is 0. The molecule has 2 aliphatic rings. The highest BCUT2D eigenvalue weighted by Crippen LogP contribution is 2.24. The van der Waals surface area contributed by atoms with Gasteiger partial charge in [-0.25, -0.2) is 0 Å². The zero-order chi connectivity index (χ0) is 7.84. The molecule has 0 N–H and O–H groups in total. The third kappa shape index (κ3) is 1.03. The van der Waals surface area contributed by atoms with Crippen LogP contribution in [0.15, 0.2) is 0 Å². The van der Waals surface area contributed by atoms with Crippen LogP contribution in [0.1, 0.15) is 19.3 Å². The number of fused-ring (bicyclic) bond motifs is 1. The summed E-state index contributed by atoms with van der Waals surface area (Å²) in [4.78, 5) is 15.6. The Hall–Kier alpha value is -0.570. The Balaban J connectivity index is 2.12. The molecule has 62 valence electrons. The van der Waals surface area contributed by atoms with Crippen LogP contribution in [0.2, 0.25) is 0 Å². The van der Waals surface area contributed by atoms with Crippen LogP contribution in [0.3, 0.4) is 0 Å². The van der Waals surface area contributed by atoms with E-state index in [1.54, 1.807) is 0 Å². The summed E-state index contributed by atoms with van der Waals surface area (Å²) in [5, 5.41) is 0. The molecule has 2 fully saturated rings. The van der Waals surface area contributed by atoms with Crippen LogP contribution < -0.4 is 0 Å². The minimum Gasteiger partial charge on any atom is -0.327 e. The van der Waals surface area contributed by atoms with Gasteiger partial charge in [0, 0.05) is 19.5 Å². The molecule has 0 aliphatic carbocycles. The van der Waals surface area contributed by atoms with E-state index in [9.17, 15) is 4.79 Å². The van der Waals surface area contributed by atoms with Crippen LogP contribution >= 0.6 is 0 Å². The third-order valence-electron chi connectivity index (χ3n) is 2.72. The summed E-state index contributed by atoms with van der Waals surface area (Å²) in [7, 11) is 2.11. The van der Waals surface area contributed by atoms with Crippen molar-refractivity contribution in [2.24, 2.45) is 0 Å². The maximum atomic E-state index is 11.3. The monoisotopic (exact) mass is 154 g/mol. The fraction of sp³-hybridized carbons (Fsp3) is 0.875. The molecule has 11 heavy (non-hydrogen) atoms. The number of nitrogens with zero attached hydrogens (tertiary/aromatic N) is 2. The van der Waals surface area contributed by atoms with Crippen molar-refractivity contribution in [2.45, 2.75) is 25.4 Å². The second-order valence-electron chi connectivity index (χ2n) is 3.44. The first-order chi connectivity index (χ1) is 5.29. The van der Waals surface area contributed by atoms with E-state index in [-0.39, 0.29) is 0 Å². The van der Waals surface area contributed by atoms with Crippen molar-refractivity contribution in [3.63, 3.8) is 0 Å². The Bertz CT molecular complexity index is 181. The van der Waals surface area contributed by atoms with Crippen molar-refractivity contribution in [1.29, 1.82) is 0 Å². The average molecular weight is 154 g/mol. The molecular weight excluding hydrogens is 140 g/mol. The summed E-state index contributed by atoms with van der Waals surface area (Å²) in [5.41, 5.74) is 0. The topological polar surface area (TPSA) is 23.6 Å². The van der Waals surface area contributed by atoms with Crippen molar-refractivity contribution in [2.75, 3.05) is 20.1 Å². The normalized spacial score (nSPS) is 32.6. The van der Waals surface area contributed by atoms with Crippen LogP contribution in [0, 0.1) is 0 Å². The molecule has 0 spiro atoms. The van der Waals surface area contributed by atoms with Gasteiger partial charge < -0.3 is 4.90 Å². The summed E-state index contributed by atoms with van der Waals surface area (Å²) in [6.45, 7) is 2.13. The van der Waals surface area contributed by atoms with Gasteiger partial charge in [-0.3, -0.25) is 9.69 Å². The minimum absolute atomic E-state index is 0.349. The Morgan fingerprint density at radius 2 is 2.27 bits per heavy atom. The smallest absolute Gasteiger partial charge is 0.223 e. The number of hydrogen-bond acceptors (Lipinski definition) is 2. The third-order valence-corrected chi connectivity index (χ3v) is 2.72. The van der Waals surface area contributed by atoms with Crippen molar-refractivity contribution < 1.29 is 4.79 Å². The highest BCUT2D eigenvalue weighted by Gasteiger charge is 2.35. The minimum atomic E-state index is 0.349. The molecule has 0 aromatic heterocycles. The summed E-state index contributed by atoms with van der Waals surface area (Å²) >= 11 is 0. The van der Waals surface area contributed by atoms with E-state index in [1.165, 1.54) is 0 Å². The number of carbonyl (C=O) groups excluding carboxylic acids is 1. The fourth-order valence-electron chi connectivity index (χ4n) is 2.09. The standard InChI is InChI=1S/C8H14N2O/c1-9-5-2-6-10-7(9)3-4-8(10)11/h7H,2-6H2,1H3. The van der Waals surface area contributed by atoms with Crippen LogP contribution in [0.4, 0.5) is 0 Å².